The van der Waals surface area contributed by atoms with E-state index in [9.17, 15) is 14.9 Å². The smallest absolute Gasteiger partial charge is 0.284 e. The van der Waals surface area contributed by atoms with Crippen molar-refractivity contribution in [3.8, 4) is 0 Å². The molecule has 0 saturated heterocycles. The number of hydrogen-bond acceptors (Lipinski definition) is 6. The zero-order valence-corrected chi connectivity index (χ0v) is 16.9. The molecule has 1 atom stereocenters. The van der Waals surface area contributed by atoms with Gasteiger partial charge < -0.3 is 9.73 Å². The molecule has 0 fully saturated rings. The third-order valence-electron chi connectivity index (χ3n) is 4.34. The van der Waals surface area contributed by atoms with E-state index in [0.29, 0.717) is 11.4 Å². The Morgan fingerprint density at radius 2 is 1.93 bits per heavy atom. The van der Waals surface area contributed by atoms with Crippen molar-refractivity contribution in [3.63, 3.8) is 0 Å². The van der Waals surface area contributed by atoms with Gasteiger partial charge in [0.05, 0.1) is 22.1 Å². The molecule has 3 rings (SSSR count). The van der Waals surface area contributed by atoms with Crippen molar-refractivity contribution in [1.29, 1.82) is 0 Å². The fraction of sp³-hybridized carbons (Fsp3) is 0.190. The molecule has 1 heterocycles. The molecule has 1 unspecified atom stereocenters. The quantitative estimate of drug-likeness (QED) is 0.437. The lowest BCUT2D eigenvalue weighted by atomic mass is 10.1. The van der Waals surface area contributed by atoms with Crippen molar-refractivity contribution in [2.45, 2.75) is 15.8 Å². The van der Waals surface area contributed by atoms with Crippen LogP contribution in [0.2, 0.25) is 0 Å². The predicted octanol–water partition coefficient (Wildman–Crippen LogP) is 4.37. The van der Waals surface area contributed by atoms with Crippen molar-refractivity contribution in [3.05, 3.63) is 88.4 Å². The SMILES string of the molecule is CN(C)C(CNC(=O)c1ccc(Sc2ccccc2)c([N+](=O)[O-])c1)c1ccco1. The van der Waals surface area contributed by atoms with E-state index in [1.165, 1.54) is 17.8 Å². The molecule has 0 aliphatic carbocycles. The molecule has 0 spiro atoms. The molecule has 1 N–H and O–H groups in total. The minimum Gasteiger partial charge on any atom is -0.468 e. The van der Waals surface area contributed by atoms with Crippen LogP contribution in [0, 0.1) is 10.1 Å². The van der Waals surface area contributed by atoms with Gasteiger partial charge in [-0.05, 0) is 50.5 Å². The third-order valence-corrected chi connectivity index (χ3v) is 5.41. The Hall–Kier alpha value is -3.10. The molecule has 0 aliphatic heterocycles. The van der Waals surface area contributed by atoms with Gasteiger partial charge in [-0.2, -0.15) is 0 Å². The average molecular weight is 411 g/mol. The Morgan fingerprint density at radius 1 is 1.17 bits per heavy atom. The van der Waals surface area contributed by atoms with Gasteiger partial charge in [-0.3, -0.25) is 19.8 Å². The van der Waals surface area contributed by atoms with Crippen LogP contribution < -0.4 is 5.32 Å². The highest BCUT2D eigenvalue weighted by atomic mass is 32.2. The number of nitro groups is 1. The Morgan fingerprint density at radius 3 is 2.55 bits per heavy atom. The number of rotatable bonds is 8. The summed E-state index contributed by atoms with van der Waals surface area (Å²) in [7, 11) is 3.78. The number of furan rings is 1. The molecule has 3 aromatic rings. The van der Waals surface area contributed by atoms with E-state index in [-0.39, 0.29) is 23.2 Å². The fourth-order valence-electron chi connectivity index (χ4n) is 2.81. The molecule has 8 heteroatoms. The van der Waals surface area contributed by atoms with Gasteiger partial charge in [0, 0.05) is 23.1 Å². The lowest BCUT2D eigenvalue weighted by molar-refractivity contribution is -0.387. The summed E-state index contributed by atoms with van der Waals surface area (Å²) in [5.41, 5.74) is 0.146. The van der Waals surface area contributed by atoms with Crippen molar-refractivity contribution in [1.82, 2.24) is 10.2 Å². The van der Waals surface area contributed by atoms with E-state index >= 15 is 0 Å². The van der Waals surface area contributed by atoms with E-state index in [1.54, 1.807) is 24.5 Å². The maximum absolute atomic E-state index is 12.6. The van der Waals surface area contributed by atoms with Crippen LogP contribution in [0.15, 0.2) is 81.1 Å². The summed E-state index contributed by atoms with van der Waals surface area (Å²) in [6.45, 7) is 0.313. The van der Waals surface area contributed by atoms with Gasteiger partial charge in [0.25, 0.3) is 11.6 Å². The minimum atomic E-state index is -0.465. The standard InChI is InChI=1S/C21H21N3O4S/c1-23(2)18(19-9-6-12-28-19)14-22-21(25)15-10-11-20(17(13-15)24(26)27)29-16-7-4-3-5-8-16/h3-13,18H,14H2,1-2H3,(H,22,25). The van der Waals surface area contributed by atoms with Crippen LogP contribution in [0.1, 0.15) is 22.2 Å². The summed E-state index contributed by atoms with van der Waals surface area (Å²) in [5, 5.41) is 14.4. The second kappa shape index (κ2) is 9.40. The zero-order valence-electron chi connectivity index (χ0n) is 16.1. The van der Waals surface area contributed by atoms with E-state index in [4.69, 9.17) is 4.42 Å². The molecule has 150 valence electrons. The van der Waals surface area contributed by atoms with E-state index in [1.807, 2.05) is 55.4 Å². The number of carbonyl (C=O) groups is 1. The first-order valence-corrected chi connectivity index (χ1v) is 9.76. The first-order valence-electron chi connectivity index (χ1n) is 8.95. The second-order valence-corrected chi connectivity index (χ2v) is 7.67. The van der Waals surface area contributed by atoms with E-state index in [0.717, 1.165) is 10.7 Å². The molecule has 0 aliphatic rings. The van der Waals surface area contributed by atoms with Crippen LogP contribution >= 0.6 is 11.8 Å². The Bertz CT molecular complexity index is 975. The van der Waals surface area contributed by atoms with Crippen molar-refractivity contribution in [2.24, 2.45) is 0 Å². The lowest BCUT2D eigenvalue weighted by Gasteiger charge is -2.22. The zero-order chi connectivity index (χ0) is 20.8. The monoisotopic (exact) mass is 411 g/mol. The van der Waals surface area contributed by atoms with Gasteiger partial charge in [0.15, 0.2) is 0 Å². The summed E-state index contributed by atoms with van der Waals surface area (Å²) in [6.07, 6.45) is 1.58. The van der Waals surface area contributed by atoms with Gasteiger partial charge in [-0.25, -0.2) is 0 Å². The number of carbonyl (C=O) groups excluding carboxylic acids is 1. The number of nitrogens with zero attached hydrogens (tertiary/aromatic N) is 2. The lowest BCUT2D eigenvalue weighted by Crippen LogP contribution is -2.34. The molecule has 1 amide bonds. The van der Waals surface area contributed by atoms with Crippen LogP contribution in [0.5, 0.6) is 0 Å². The average Bonchev–Trinajstić information content (AvgIpc) is 3.23. The fourth-order valence-corrected chi connectivity index (χ4v) is 3.73. The Labute approximate surface area is 172 Å². The van der Waals surface area contributed by atoms with Gasteiger partial charge >= 0.3 is 0 Å². The predicted molar refractivity (Wildman–Crippen MR) is 111 cm³/mol. The summed E-state index contributed by atoms with van der Waals surface area (Å²) < 4.78 is 5.43. The molecule has 29 heavy (non-hydrogen) atoms. The van der Waals surface area contributed by atoms with Gasteiger partial charge in [-0.1, -0.05) is 30.0 Å². The number of nitrogens with one attached hydrogen (secondary N) is 1. The molecule has 2 aromatic carbocycles. The van der Waals surface area contributed by atoms with E-state index < -0.39 is 4.92 Å². The third kappa shape index (κ3) is 5.24. The molecule has 7 nitrogen and oxygen atoms in total. The maximum Gasteiger partial charge on any atom is 0.284 e. The highest BCUT2D eigenvalue weighted by molar-refractivity contribution is 7.99. The summed E-state index contributed by atoms with van der Waals surface area (Å²) in [6, 6.07) is 17.4. The summed E-state index contributed by atoms with van der Waals surface area (Å²) in [5.74, 6) is 0.360. The Balaban J connectivity index is 1.75. The minimum absolute atomic E-state index is 0.0957. The largest absolute Gasteiger partial charge is 0.468 e. The number of likely N-dealkylation sites (N-methyl/N-ethyl adjacent to an activating group) is 1. The Kier molecular flexibility index (Phi) is 6.69. The van der Waals surface area contributed by atoms with Crippen LogP contribution in [-0.4, -0.2) is 36.4 Å². The van der Waals surface area contributed by atoms with Crippen LogP contribution in [0.4, 0.5) is 5.69 Å². The molecule has 0 saturated carbocycles. The maximum atomic E-state index is 12.6. The van der Waals surface area contributed by atoms with E-state index in [2.05, 4.69) is 5.32 Å². The highest BCUT2D eigenvalue weighted by Crippen LogP contribution is 2.35. The number of hydrogen-bond donors (Lipinski definition) is 1. The van der Waals surface area contributed by atoms with Crippen molar-refractivity contribution >= 4 is 23.4 Å². The number of nitro benzene ring substituents is 1. The molecular formula is C21H21N3O4S. The number of amides is 1. The number of benzene rings is 2. The van der Waals surface area contributed by atoms with Crippen molar-refractivity contribution in [2.75, 3.05) is 20.6 Å². The first kappa shape index (κ1) is 20.6. The molecular weight excluding hydrogens is 390 g/mol. The second-order valence-electron chi connectivity index (χ2n) is 6.56. The van der Waals surface area contributed by atoms with Crippen LogP contribution in [0.25, 0.3) is 0 Å². The normalized spacial score (nSPS) is 12.0. The van der Waals surface area contributed by atoms with Crippen LogP contribution in [-0.2, 0) is 0 Å². The van der Waals surface area contributed by atoms with Gasteiger partial charge in [-0.15, -0.1) is 0 Å². The van der Waals surface area contributed by atoms with Gasteiger partial charge in [0.2, 0.25) is 0 Å². The molecule has 1 aromatic heterocycles. The highest BCUT2D eigenvalue weighted by Gasteiger charge is 2.21. The first-order chi connectivity index (χ1) is 14.0. The summed E-state index contributed by atoms with van der Waals surface area (Å²) in [4.78, 5) is 27.0. The summed E-state index contributed by atoms with van der Waals surface area (Å²) >= 11 is 1.29. The van der Waals surface area contributed by atoms with Gasteiger partial charge in [0.1, 0.15) is 5.76 Å². The van der Waals surface area contributed by atoms with Crippen molar-refractivity contribution < 1.29 is 14.1 Å². The molecule has 0 radical (unpaired) electrons. The molecule has 0 bridgehead atoms. The van der Waals surface area contributed by atoms with Crippen LogP contribution in [0.3, 0.4) is 0 Å². The topological polar surface area (TPSA) is 88.6 Å².